The number of benzene rings is 3. The number of nitrogens with one attached hydrogen (secondary N) is 1. The number of hydrogen-bond donors (Lipinski definition) is 1. The first-order valence-corrected chi connectivity index (χ1v) is 13.6. The van der Waals surface area contributed by atoms with Crippen LogP contribution >= 0.6 is 23.4 Å². The van der Waals surface area contributed by atoms with Crippen LogP contribution in [0.2, 0.25) is 5.02 Å². The van der Waals surface area contributed by atoms with Gasteiger partial charge in [0.05, 0.1) is 18.6 Å². The molecule has 2 heterocycles. The van der Waals surface area contributed by atoms with Crippen LogP contribution in [0.3, 0.4) is 0 Å². The Kier molecular flexibility index (Phi) is 8.28. The van der Waals surface area contributed by atoms with Gasteiger partial charge in [-0.1, -0.05) is 23.4 Å². The van der Waals surface area contributed by atoms with Crippen molar-refractivity contribution in [2.45, 2.75) is 5.16 Å². The highest BCUT2D eigenvalue weighted by Gasteiger charge is 2.22. The Balaban J connectivity index is 1.10. The first kappa shape index (κ1) is 26.5. The van der Waals surface area contributed by atoms with Crippen LogP contribution in [0.5, 0.6) is 5.75 Å². The summed E-state index contributed by atoms with van der Waals surface area (Å²) in [5.74, 6) is 0.742. The molecule has 0 atom stereocenters. The molecule has 1 saturated heterocycles. The van der Waals surface area contributed by atoms with Gasteiger partial charge in [0, 0.05) is 48.1 Å². The van der Waals surface area contributed by atoms with Crippen LogP contribution in [0.1, 0.15) is 10.4 Å². The van der Waals surface area contributed by atoms with Crippen molar-refractivity contribution in [3.8, 4) is 11.4 Å². The third-order valence-electron chi connectivity index (χ3n) is 6.26. The van der Waals surface area contributed by atoms with E-state index < -0.39 is 0 Å². The lowest BCUT2D eigenvalue weighted by Crippen LogP contribution is -2.48. The molecular formula is C27H26ClN7O3S. The molecule has 3 aromatic carbocycles. The fourth-order valence-electron chi connectivity index (χ4n) is 4.18. The number of halogens is 1. The molecule has 10 nitrogen and oxygen atoms in total. The van der Waals surface area contributed by atoms with Gasteiger partial charge in [-0.2, -0.15) is 4.68 Å². The third kappa shape index (κ3) is 6.50. The average Bonchev–Trinajstić information content (AvgIpc) is 3.45. The second kappa shape index (κ2) is 12.2. The van der Waals surface area contributed by atoms with E-state index >= 15 is 0 Å². The van der Waals surface area contributed by atoms with E-state index in [1.807, 2.05) is 53.4 Å². The van der Waals surface area contributed by atoms with Gasteiger partial charge in [-0.05, 0) is 83.2 Å². The van der Waals surface area contributed by atoms with Crippen molar-refractivity contribution < 1.29 is 14.3 Å². The number of carbonyl (C=O) groups excluding carboxylic acids is 2. The first-order valence-electron chi connectivity index (χ1n) is 12.3. The van der Waals surface area contributed by atoms with Gasteiger partial charge in [0.15, 0.2) is 0 Å². The van der Waals surface area contributed by atoms with Gasteiger partial charge in [0.1, 0.15) is 5.75 Å². The second-order valence-corrected chi connectivity index (χ2v) is 10.1. The quantitative estimate of drug-likeness (QED) is 0.321. The van der Waals surface area contributed by atoms with Crippen LogP contribution in [-0.4, -0.2) is 76.0 Å². The molecule has 2 amide bonds. The van der Waals surface area contributed by atoms with Gasteiger partial charge in [-0.25, -0.2) is 0 Å². The summed E-state index contributed by atoms with van der Waals surface area (Å²) in [5.41, 5.74) is 3.16. The maximum Gasteiger partial charge on any atom is 0.253 e. The highest BCUT2D eigenvalue weighted by atomic mass is 35.5. The normalized spacial score (nSPS) is 13.3. The van der Waals surface area contributed by atoms with E-state index in [0.717, 1.165) is 30.2 Å². The van der Waals surface area contributed by atoms with Gasteiger partial charge < -0.3 is 19.9 Å². The number of tetrazole rings is 1. The van der Waals surface area contributed by atoms with Crippen molar-refractivity contribution in [1.82, 2.24) is 25.1 Å². The van der Waals surface area contributed by atoms with Crippen LogP contribution in [0.15, 0.2) is 78.0 Å². The lowest BCUT2D eigenvalue weighted by Gasteiger charge is -2.36. The number of aromatic nitrogens is 4. The summed E-state index contributed by atoms with van der Waals surface area (Å²) < 4.78 is 6.76. The minimum atomic E-state index is -0.161. The smallest absolute Gasteiger partial charge is 0.253 e. The molecule has 1 N–H and O–H groups in total. The molecule has 1 aromatic heterocycles. The predicted octanol–water partition coefficient (Wildman–Crippen LogP) is 4.02. The number of ether oxygens (including phenoxy) is 1. The van der Waals surface area contributed by atoms with Gasteiger partial charge in [0.2, 0.25) is 11.1 Å². The Labute approximate surface area is 234 Å². The standard InChI is InChI=1S/C27H26ClN7O3S/c1-38-24-12-10-23(11-13-24)35-27(30-31-32-35)39-18-25(36)29-21-6-8-22(9-7-21)33-14-16-34(17-15-33)26(37)19-2-4-20(28)5-3-19/h2-13H,14-18H2,1H3,(H,29,36). The monoisotopic (exact) mass is 563 g/mol. The number of nitrogens with zero attached hydrogens (tertiary/aromatic N) is 6. The summed E-state index contributed by atoms with van der Waals surface area (Å²) in [6, 6.07) is 22.0. The molecule has 0 bridgehead atoms. The van der Waals surface area contributed by atoms with Crippen LogP contribution in [0.4, 0.5) is 11.4 Å². The van der Waals surface area contributed by atoms with Crippen LogP contribution in [0.25, 0.3) is 5.69 Å². The van der Waals surface area contributed by atoms with E-state index in [-0.39, 0.29) is 17.6 Å². The predicted molar refractivity (Wildman–Crippen MR) is 151 cm³/mol. The van der Waals surface area contributed by atoms with E-state index in [4.69, 9.17) is 16.3 Å². The summed E-state index contributed by atoms with van der Waals surface area (Å²) in [6.07, 6.45) is 0. The minimum absolute atomic E-state index is 0.0141. The van der Waals surface area contributed by atoms with Gasteiger partial charge in [0.25, 0.3) is 5.91 Å². The molecule has 5 rings (SSSR count). The zero-order valence-corrected chi connectivity index (χ0v) is 22.7. The van der Waals surface area contributed by atoms with Crippen LogP contribution < -0.4 is 15.0 Å². The van der Waals surface area contributed by atoms with Crippen molar-refractivity contribution >= 4 is 46.6 Å². The Morgan fingerprint density at radius 1 is 0.923 bits per heavy atom. The number of methoxy groups -OCH3 is 1. The van der Waals surface area contributed by atoms with Crippen molar-refractivity contribution in [3.05, 3.63) is 83.4 Å². The lowest BCUT2D eigenvalue weighted by molar-refractivity contribution is -0.113. The van der Waals surface area contributed by atoms with E-state index in [0.29, 0.717) is 34.5 Å². The highest BCUT2D eigenvalue weighted by molar-refractivity contribution is 7.99. The zero-order valence-electron chi connectivity index (χ0n) is 21.2. The van der Waals surface area contributed by atoms with Crippen molar-refractivity contribution in [3.63, 3.8) is 0 Å². The number of hydrogen-bond acceptors (Lipinski definition) is 8. The van der Waals surface area contributed by atoms with Crippen LogP contribution in [-0.2, 0) is 4.79 Å². The first-order chi connectivity index (χ1) is 19.0. The lowest BCUT2D eigenvalue weighted by atomic mass is 10.1. The number of thioether (sulfide) groups is 1. The van der Waals surface area contributed by atoms with Crippen molar-refractivity contribution in [2.24, 2.45) is 0 Å². The fraction of sp³-hybridized carbons (Fsp3) is 0.222. The maximum atomic E-state index is 12.8. The SMILES string of the molecule is COc1ccc(-n2nnnc2SCC(=O)Nc2ccc(N3CCN(C(=O)c4ccc(Cl)cc4)CC3)cc2)cc1. The largest absolute Gasteiger partial charge is 0.497 e. The molecule has 1 aliphatic heterocycles. The number of carbonyl (C=O) groups is 2. The molecule has 200 valence electrons. The Morgan fingerprint density at radius 2 is 1.59 bits per heavy atom. The molecule has 1 aliphatic rings. The van der Waals surface area contributed by atoms with Crippen molar-refractivity contribution in [2.75, 3.05) is 49.3 Å². The molecule has 0 saturated carbocycles. The molecule has 39 heavy (non-hydrogen) atoms. The Morgan fingerprint density at radius 3 is 2.26 bits per heavy atom. The Bertz CT molecular complexity index is 1420. The highest BCUT2D eigenvalue weighted by Crippen LogP contribution is 2.23. The van der Waals surface area contributed by atoms with E-state index in [2.05, 4.69) is 25.7 Å². The average molecular weight is 564 g/mol. The molecular weight excluding hydrogens is 538 g/mol. The van der Waals surface area contributed by atoms with Gasteiger partial charge in [-0.15, -0.1) is 5.10 Å². The van der Waals surface area contributed by atoms with E-state index in [9.17, 15) is 9.59 Å². The molecule has 0 aliphatic carbocycles. The van der Waals surface area contributed by atoms with E-state index in [1.165, 1.54) is 11.8 Å². The maximum absolute atomic E-state index is 12.8. The zero-order chi connectivity index (χ0) is 27.2. The number of amides is 2. The fourth-order valence-corrected chi connectivity index (χ4v) is 5.00. The number of rotatable bonds is 8. The summed E-state index contributed by atoms with van der Waals surface area (Å²) in [7, 11) is 1.61. The summed E-state index contributed by atoms with van der Waals surface area (Å²) in [6.45, 7) is 2.72. The van der Waals surface area contributed by atoms with Gasteiger partial charge >= 0.3 is 0 Å². The number of piperazine rings is 1. The molecule has 1 fully saturated rings. The Hall–Kier alpha value is -4.09. The summed E-state index contributed by atoms with van der Waals surface area (Å²) >= 11 is 7.18. The topological polar surface area (TPSA) is 105 Å². The van der Waals surface area contributed by atoms with E-state index in [1.54, 1.807) is 36.1 Å². The molecule has 0 radical (unpaired) electrons. The number of anilines is 2. The molecule has 4 aromatic rings. The minimum Gasteiger partial charge on any atom is -0.497 e. The second-order valence-electron chi connectivity index (χ2n) is 8.74. The van der Waals surface area contributed by atoms with Crippen LogP contribution in [0, 0.1) is 0 Å². The summed E-state index contributed by atoms with van der Waals surface area (Å²) in [5, 5.41) is 15.8. The summed E-state index contributed by atoms with van der Waals surface area (Å²) in [4.78, 5) is 29.4. The molecule has 12 heteroatoms. The van der Waals surface area contributed by atoms with Crippen molar-refractivity contribution in [1.29, 1.82) is 0 Å². The molecule has 0 unspecified atom stereocenters. The molecule has 0 spiro atoms. The third-order valence-corrected chi connectivity index (χ3v) is 7.44. The van der Waals surface area contributed by atoms with Gasteiger partial charge in [-0.3, -0.25) is 9.59 Å².